The molecule has 1 aromatic heterocycles. The lowest BCUT2D eigenvalue weighted by molar-refractivity contribution is 0.0944. The Morgan fingerprint density at radius 3 is 2.58 bits per heavy atom. The molecule has 0 saturated heterocycles. The number of rotatable bonds is 5. The normalized spacial score (nSPS) is 10.6. The smallest absolute Gasteiger partial charge is 0.269 e. The van der Waals surface area contributed by atoms with Crippen LogP contribution in [0, 0.1) is 0 Å². The van der Waals surface area contributed by atoms with Crippen molar-refractivity contribution >= 4 is 17.5 Å². The summed E-state index contributed by atoms with van der Waals surface area (Å²) in [6.07, 6.45) is 0.793. The second-order valence-electron chi connectivity index (χ2n) is 5.51. The first-order chi connectivity index (χ1) is 11.6. The van der Waals surface area contributed by atoms with E-state index in [4.69, 9.17) is 11.6 Å². The van der Waals surface area contributed by atoms with Gasteiger partial charge in [0.05, 0.1) is 10.7 Å². The Labute approximate surface area is 146 Å². The number of hydrogen-bond donors (Lipinski definition) is 1. The molecule has 0 aliphatic carbocycles. The van der Waals surface area contributed by atoms with E-state index < -0.39 is 0 Å². The molecule has 122 valence electrons. The Bertz CT molecular complexity index is 843. The van der Waals surface area contributed by atoms with Crippen molar-refractivity contribution in [3.63, 3.8) is 0 Å². The van der Waals surface area contributed by atoms with E-state index in [2.05, 4.69) is 10.4 Å². The predicted molar refractivity (Wildman–Crippen MR) is 96.1 cm³/mol. The van der Waals surface area contributed by atoms with Crippen LogP contribution >= 0.6 is 11.6 Å². The summed E-state index contributed by atoms with van der Waals surface area (Å²) in [5.74, 6) is -0.140. The molecule has 0 aliphatic heterocycles. The minimum Gasteiger partial charge on any atom is -0.350 e. The van der Waals surface area contributed by atoms with Crippen LogP contribution in [0.3, 0.4) is 0 Å². The Kier molecular flexibility index (Phi) is 4.96. The van der Waals surface area contributed by atoms with Crippen molar-refractivity contribution < 1.29 is 4.79 Å². The molecular formula is C19H18ClN3O. The lowest BCUT2D eigenvalue weighted by Crippen LogP contribution is -2.27. The minimum absolute atomic E-state index is 0.140. The molecule has 1 amide bonds. The molecule has 0 saturated carbocycles. The van der Waals surface area contributed by atoms with Gasteiger partial charge in [-0.1, -0.05) is 60.1 Å². The molecule has 0 fully saturated rings. The number of carbonyl (C=O) groups is 1. The first kappa shape index (κ1) is 16.3. The van der Waals surface area contributed by atoms with Gasteiger partial charge in [-0.15, -0.1) is 0 Å². The molecule has 3 aromatic rings. The van der Waals surface area contributed by atoms with Gasteiger partial charge < -0.3 is 5.32 Å². The molecule has 2 aromatic carbocycles. The zero-order chi connectivity index (χ0) is 16.9. The number of aromatic nitrogens is 2. The minimum atomic E-state index is -0.140. The number of benzene rings is 2. The standard InChI is InChI=1S/C19H18ClN3O/c1-23-18(13-17(22-23)15-9-5-6-10-16(15)20)19(24)21-12-11-14-7-3-2-4-8-14/h2-10,13H,11-12H2,1H3,(H,21,24). The molecule has 1 N–H and O–H groups in total. The lowest BCUT2D eigenvalue weighted by Gasteiger charge is -2.05. The van der Waals surface area contributed by atoms with E-state index in [1.807, 2.05) is 54.6 Å². The van der Waals surface area contributed by atoms with Gasteiger partial charge in [0.1, 0.15) is 5.69 Å². The van der Waals surface area contributed by atoms with E-state index in [0.717, 1.165) is 12.0 Å². The number of amides is 1. The summed E-state index contributed by atoms with van der Waals surface area (Å²) < 4.78 is 1.58. The molecule has 0 aliphatic rings. The first-order valence-corrected chi connectivity index (χ1v) is 8.14. The quantitative estimate of drug-likeness (QED) is 0.770. The molecule has 0 bridgehead atoms. The Morgan fingerprint density at radius 1 is 1.12 bits per heavy atom. The van der Waals surface area contributed by atoms with Crippen molar-refractivity contribution in [1.29, 1.82) is 0 Å². The average Bonchev–Trinajstić information content (AvgIpc) is 2.98. The molecule has 0 radical (unpaired) electrons. The molecule has 24 heavy (non-hydrogen) atoms. The fourth-order valence-corrected chi connectivity index (χ4v) is 2.77. The van der Waals surface area contributed by atoms with E-state index in [-0.39, 0.29) is 5.91 Å². The maximum absolute atomic E-state index is 12.4. The molecule has 5 heteroatoms. The van der Waals surface area contributed by atoms with Crippen molar-refractivity contribution in [2.24, 2.45) is 7.05 Å². The van der Waals surface area contributed by atoms with Crippen LogP contribution in [0.15, 0.2) is 60.7 Å². The van der Waals surface area contributed by atoms with E-state index in [9.17, 15) is 4.79 Å². The lowest BCUT2D eigenvalue weighted by atomic mass is 10.1. The highest BCUT2D eigenvalue weighted by Gasteiger charge is 2.15. The topological polar surface area (TPSA) is 46.9 Å². The van der Waals surface area contributed by atoms with Crippen molar-refractivity contribution in [3.05, 3.63) is 76.9 Å². The number of aryl methyl sites for hydroxylation is 1. The van der Waals surface area contributed by atoms with Crippen LogP contribution in [0.2, 0.25) is 5.02 Å². The molecule has 4 nitrogen and oxygen atoms in total. The number of carbonyl (C=O) groups excluding carboxylic acids is 1. The monoisotopic (exact) mass is 339 g/mol. The van der Waals surface area contributed by atoms with Gasteiger partial charge in [-0.2, -0.15) is 5.10 Å². The van der Waals surface area contributed by atoms with Crippen molar-refractivity contribution in [1.82, 2.24) is 15.1 Å². The predicted octanol–water partition coefficient (Wildman–Crippen LogP) is 3.71. The number of halogens is 1. The summed E-state index contributed by atoms with van der Waals surface area (Å²) >= 11 is 6.20. The highest BCUT2D eigenvalue weighted by Crippen LogP contribution is 2.26. The maximum Gasteiger partial charge on any atom is 0.269 e. The third-order valence-electron chi connectivity index (χ3n) is 3.80. The van der Waals surface area contributed by atoms with E-state index in [1.165, 1.54) is 5.56 Å². The summed E-state index contributed by atoms with van der Waals surface area (Å²) in [6.45, 7) is 0.579. The van der Waals surface area contributed by atoms with Crippen molar-refractivity contribution in [3.8, 4) is 11.3 Å². The second kappa shape index (κ2) is 7.32. The second-order valence-corrected chi connectivity index (χ2v) is 5.92. The molecular weight excluding hydrogens is 322 g/mol. The molecule has 1 heterocycles. The van der Waals surface area contributed by atoms with Gasteiger partial charge in [-0.05, 0) is 24.1 Å². The van der Waals surface area contributed by atoms with Crippen molar-refractivity contribution in [2.75, 3.05) is 6.54 Å². The molecule has 0 spiro atoms. The van der Waals surface area contributed by atoms with Gasteiger partial charge in [0.15, 0.2) is 0 Å². The summed E-state index contributed by atoms with van der Waals surface area (Å²) in [5, 5.41) is 7.95. The van der Waals surface area contributed by atoms with Crippen LogP contribution in [-0.2, 0) is 13.5 Å². The van der Waals surface area contributed by atoms with Gasteiger partial charge in [-0.3, -0.25) is 9.48 Å². The Balaban J connectivity index is 1.68. The fourth-order valence-electron chi connectivity index (χ4n) is 2.54. The fraction of sp³-hybridized carbons (Fsp3) is 0.158. The Morgan fingerprint density at radius 2 is 1.83 bits per heavy atom. The number of nitrogens with zero attached hydrogens (tertiary/aromatic N) is 2. The summed E-state index contributed by atoms with van der Waals surface area (Å²) in [7, 11) is 1.76. The van der Waals surface area contributed by atoms with Crippen LogP contribution in [0.5, 0.6) is 0 Å². The Hall–Kier alpha value is -2.59. The summed E-state index contributed by atoms with van der Waals surface area (Å²) in [5.41, 5.74) is 3.21. The molecule has 0 unspecified atom stereocenters. The van der Waals surface area contributed by atoms with Crippen LogP contribution in [0.25, 0.3) is 11.3 Å². The van der Waals surface area contributed by atoms with Gasteiger partial charge in [0.25, 0.3) is 5.91 Å². The number of hydrogen-bond acceptors (Lipinski definition) is 2. The van der Waals surface area contributed by atoms with Gasteiger partial charge >= 0.3 is 0 Å². The van der Waals surface area contributed by atoms with Crippen LogP contribution in [0.1, 0.15) is 16.1 Å². The summed E-state index contributed by atoms with van der Waals surface area (Å²) in [6, 6.07) is 19.3. The van der Waals surface area contributed by atoms with Gasteiger partial charge in [0.2, 0.25) is 0 Å². The van der Waals surface area contributed by atoms with Crippen LogP contribution in [0.4, 0.5) is 0 Å². The van der Waals surface area contributed by atoms with E-state index in [1.54, 1.807) is 17.8 Å². The van der Waals surface area contributed by atoms with Crippen molar-refractivity contribution in [2.45, 2.75) is 6.42 Å². The van der Waals surface area contributed by atoms with Crippen LogP contribution < -0.4 is 5.32 Å². The molecule has 0 atom stereocenters. The largest absolute Gasteiger partial charge is 0.350 e. The molecule has 3 rings (SSSR count). The number of nitrogens with one attached hydrogen (secondary N) is 1. The third-order valence-corrected chi connectivity index (χ3v) is 4.13. The van der Waals surface area contributed by atoms with E-state index in [0.29, 0.717) is 23.0 Å². The first-order valence-electron chi connectivity index (χ1n) is 7.76. The highest BCUT2D eigenvalue weighted by molar-refractivity contribution is 6.33. The van der Waals surface area contributed by atoms with Crippen LogP contribution in [-0.4, -0.2) is 22.2 Å². The zero-order valence-electron chi connectivity index (χ0n) is 13.4. The van der Waals surface area contributed by atoms with Gasteiger partial charge in [0, 0.05) is 19.2 Å². The van der Waals surface area contributed by atoms with E-state index >= 15 is 0 Å². The zero-order valence-corrected chi connectivity index (χ0v) is 14.1. The summed E-state index contributed by atoms with van der Waals surface area (Å²) in [4.78, 5) is 12.4. The maximum atomic E-state index is 12.4. The highest BCUT2D eigenvalue weighted by atomic mass is 35.5. The van der Waals surface area contributed by atoms with Gasteiger partial charge in [-0.25, -0.2) is 0 Å². The SMILES string of the molecule is Cn1nc(-c2ccccc2Cl)cc1C(=O)NCCc1ccccc1. The third kappa shape index (κ3) is 3.66. The average molecular weight is 340 g/mol.